The minimum atomic E-state index is -1.05. The van der Waals surface area contributed by atoms with Crippen LogP contribution in [-0.2, 0) is 0 Å². The maximum atomic E-state index is 11.9. The molecule has 0 atom stereocenters. The van der Waals surface area contributed by atoms with Crippen LogP contribution in [0.25, 0.3) is 0 Å². The number of hydrogen-bond acceptors (Lipinski definition) is 3. The van der Waals surface area contributed by atoms with Crippen molar-refractivity contribution in [3.8, 4) is 0 Å². The first kappa shape index (κ1) is 15.3. The summed E-state index contributed by atoms with van der Waals surface area (Å²) in [6, 6.07) is 5.18. The van der Waals surface area contributed by atoms with E-state index in [1.807, 2.05) is 7.05 Å². The molecule has 2 rings (SSSR count). The van der Waals surface area contributed by atoms with Crippen LogP contribution in [0, 0.1) is 6.92 Å². The number of urea groups is 1. The van der Waals surface area contributed by atoms with Gasteiger partial charge in [-0.05, 0) is 38.4 Å². The fraction of sp³-hybridized carbons (Fsp3) is 0.467. The van der Waals surface area contributed by atoms with Crippen molar-refractivity contribution >= 4 is 17.7 Å². The summed E-state index contributed by atoms with van der Waals surface area (Å²) in [7, 11) is 2.04. The highest BCUT2D eigenvalue weighted by molar-refractivity contribution is 6.00. The van der Waals surface area contributed by atoms with E-state index >= 15 is 0 Å². The zero-order valence-electron chi connectivity index (χ0n) is 12.3. The third-order valence-corrected chi connectivity index (χ3v) is 3.66. The van der Waals surface area contributed by atoms with Gasteiger partial charge in [-0.2, -0.15) is 0 Å². The van der Waals surface area contributed by atoms with Gasteiger partial charge >= 0.3 is 12.0 Å². The Balaban J connectivity index is 1.88. The van der Waals surface area contributed by atoms with Crippen molar-refractivity contribution in [1.29, 1.82) is 0 Å². The molecule has 0 radical (unpaired) electrons. The van der Waals surface area contributed by atoms with Gasteiger partial charge in [0.25, 0.3) is 0 Å². The first-order valence-corrected chi connectivity index (χ1v) is 7.07. The lowest BCUT2D eigenvalue weighted by Crippen LogP contribution is -2.36. The Hall–Kier alpha value is -2.08. The highest BCUT2D eigenvalue weighted by Crippen LogP contribution is 2.24. The summed E-state index contributed by atoms with van der Waals surface area (Å²) in [5.41, 5.74) is 1.17. The van der Waals surface area contributed by atoms with Gasteiger partial charge in [0, 0.05) is 19.1 Å². The number of aromatic carboxylic acids is 1. The lowest BCUT2D eigenvalue weighted by molar-refractivity contribution is 0.0698. The summed E-state index contributed by atoms with van der Waals surface area (Å²) in [6.07, 6.45) is 2.46. The number of carbonyl (C=O) groups excluding carboxylic acids is 1. The van der Waals surface area contributed by atoms with Gasteiger partial charge < -0.3 is 20.6 Å². The van der Waals surface area contributed by atoms with E-state index in [4.69, 9.17) is 5.11 Å². The second-order valence-corrected chi connectivity index (χ2v) is 5.40. The summed E-state index contributed by atoms with van der Waals surface area (Å²) < 4.78 is 0. The van der Waals surface area contributed by atoms with Crippen molar-refractivity contribution in [2.75, 3.05) is 25.5 Å². The number of aryl methyl sites for hydroxylation is 1. The van der Waals surface area contributed by atoms with E-state index in [0.717, 1.165) is 12.1 Å². The van der Waals surface area contributed by atoms with Crippen molar-refractivity contribution < 1.29 is 14.7 Å². The quantitative estimate of drug-likeness (QED) is 0.748. The number of carbonyl (C=O) groups is 2. The van der Waals surface area contributed by atoms with E-state index in [-0.39, 0.29) is 11.6 Å². The number of rotatable bonds is 6. The van der Waals surface area contributed by atoms with Crippen molar-refractivity contribution in [2.24, 2.45) is 0 Å². The molecule has 1 aliphatic rings. The maximum absolute atomic E-state index is 11.9. The van der Waals surface area contributed by atoms with Crippen LogP contribution in [0.1, 0.15) is 28.8 Å². The second kappa shape index (κ2) is 6.58. The zero-order chi connectivity index (χ0) is 15.4. The molecular formula is C15H21N3O3. The largest absolute Gasteiger partial charge is 0.478 e. The van der Waals surface area contributed by atoms with Crippen molar-refractivity contribution in [3.05, 3.63) is 29.3 Å². The van der Waals surface area contributed by atoms with Gasteiger partial charge in [-0.1, -0.05) is 12.1 Å². The average Bonchev–Trinajstić information content (AvgIpc) is 3.25. The van der Waals surface area contributed by atoms with E-state index < -0.39 is 5.97 Å². The number of benzene rings is 1. The number of carboxylic acids is 1. The summed E-state index contributed by atoms with van der Waals surface area (Å²) in [6.45, 7) is 3.09. The summed E-state index contributed by atoms with van der Waals surface area (Å²) in [5, 5.41) is 14.5. The molecule has 0 saturated heterocycles. The SMILES string of the molecule is Cc1cccc(C(=O)O)c1NC(=O)NCCN(C)C1CC1. The Morgan fingerprint density at radius 1 is 1.38 bits per heavy atom. The Kier molecular flexibility index (Phi) is 4.80. The number of nitrogens with zero attached hydrogens (tertiary/aromatic N) is 1. The van der Waals surface area contributed by atoms with Crippen molar-refractivity contribution in [3.63, 3.8) is 0 Å². The Morgan fingerprint density at radius 3 is 2.71 bits per heavy atom. The monoisotopic (exact) mass is 291 g/mol. The van der Waals surface area contributed by atoms with Crippen LogP contribution < -0.4 is 10.6 Å². The van der Waals surface area contributed by atoms with Gasteiger partial charge in [0.1, 0.15) is 0 Å². The number of hydrogen-bond donors (Lipinski definition) is 3. The van der Waals surface area contributed by atoms with Crippen LogP contribution in [0.2, 0.25) is 0 Å². The third kappa shape index (κ3) is 4.19. The average molecular weight is 291 g/mol. The molecule has 6 nitrogen and oxygen atoms in total. The molecule has 114 valence electrons. The summed E-state index contributed by atoms with van der Waals surface area (Å²) in [4.78, 5) is 25.3. The van der Waals surface area contributed by atoms with E-state index in [1.165, 1.54) is 18.9 Å². The molecular weight excluding hydrogens is 270 g/mol. The Labute approximate surface area is 124 Å². The third-order valence-electron chi connectivity index (χ3n) is 3.66. The van der Waals surface area contributed by atoms with E-state index in [9.17, 15) is 9.59 Å². The molecule has 0 bridgehead atoms. The fourth-order valence-electron chi connectivity index (χ4n) is 2.21. The molecule has 0 heterocycles. The molecule has 1 aromatic rings. The van der Waals surface area contributed by atoms with Gasteiger partial charge in [-0.3, -0.25) is 0 Å². The van der Waals surface area contributed by atoms with Crippen LogP contribution >= 0.6 is 0 Å². The lowest BCUT2D eigenvalue weighted by atomic mass is 10.1. The number of anilines is 1. The van der Waals surface area contributed by atoms with Gasteiger partial charge in [0.05, 0.1) is 11.3 Å². The predicted molar refractivity (Wildman–Crippen MR) is 80.8 cm³/mol. The van der Waals surface area contributed by atoms with Gasteiger partial charge in [0.2, 0.25) is 0 Å². The molecule has 2 amide bonds. The zero-order valence-corrected chi connectivity index (χ0v) is 12.3. The van der Waals surface area contributed by atoms with Crippen molar-refractivity contribution in [2.45, 2.75) is 25.8 Å². The summed E-state index contributed by atoms with van der Waals surface area (Å²) in [5.74, 6) is -1.05. The number of carboxylic acid groups (broad SMARTS) is 1. The molecule has 1 aliphatic carbocycles. The van der Waals surface area contributed by atoms with E-state index in [1.54, 1.807) is 19.1 Å². The minimum Gasteiger partial charge on any atom is -0.478 e. The first-order chi connectivity index (χ1) is 9.99. The minimum absolute atomic E-state index is 0.0975. The van der Waals surface area contributed by atoms with Crippen molar-refractivity contribution in [1.82, 2.24) is 10.2 Å². The lowest BCUT2D eigenvalue weighted by Gasteiger charge is -2.16. The topological polar surface area (TPSA) is 81.7 Å². The molecule has 1 saturated carbocycles. The highest BCUT2D eigenvalue weighted by atomic mass is 16.4. The van der Waals surface area contributed by atoms with Gasteiger partial charge in [0.15, 0.2) is 0 Å². The molecule has 6 heteroatoms. The van der Waals surface area contributed by atoms with Gasteiger partial charge in [-0.25, -0.2) is 9.59 Å². The summed E-state index contributed by atoms with van der Waals surface area (Å²) >= 11 is 0. The van der Waals surface area contributed by atoms with E-state index in [2.05, 4.69) is 15.5 Å². The smallest absolute Gasteiger partial charge is 0.337 e. The molecule has 0 aliphatic heterocycles. The van der Waals surface area contributed by atoms with Crippen LogP contribution in [0.5, 0.6) is 0 Å². The number of amides is 2. The van der Waals surface area contributed by atoms with E-state index in [0.29, 0.717) is 18.3 Å². The molecule has 1 aromatic carbocycles. The fourth-order valence-corrected chi connectivity index (χ4v) is 2.21. The molecule has 0 unspecified atom stereocenters. The first-order valence-electron chi connectivity index (χ1n) is 7.07. The predicted octanol–water partition coefficient (Wildman–Crippen LogP) is 1.91. The molecule has 1 fully saturated rings. The molecule has 3 N–H and O–H groups in total. The molecule has 0 spiro atoms. The van der Waals surface area contributed by atoms with Crippen LogP contribution in [0.4, 0.5) is 10.5 Å². The van der Waals surface area contributed by atoms with Gasteiger partial charge in [-0.15, -0.1) is 0 Å². The number of likely N-dealkylation sites (N-methyl/N-ethyl adjacent to an activating group) is 1. The van der Waals surface area contributed by atoms with Crippen LogP contribution in [0.3, 0.4) is 0 Å². The number of nitrogens with one attached hydrogen (secondary N) is 2. The Bertz CT molecular complexity index is 541. The van der Waals surface area contributed by atoms with Crippen LogP contribution in [0.15, 0.2) is 18.2 Å². The normalized spacial score (nSPS) is 14.0. The molecule has 21 heavy (non-hydrogen) atoms. The Morgan fingerprint density at radius 2 is 2.10 bits per heavy atom. The molecule has 0 aromatic heterocycles. The second-order valence-electron chi connectivity index (χ2n) is 5.40. The highest BCUT2D eigenvalue weighted by Gasteiger charge is 2.25. The number of para-hydroxylation sites is 1. The maximum Gasteiger partial charge on any atom is 0.337 e. The standard InChI is InChI=1S/C15H21N3O3/c1-10-4-3-5-12(14(19)20)13(10)17-15(21)16-8-9-18(2)11-6-7-11/h3-5,11H,6-9H2,1-2H3,(H,19,20)(H2,16,17,21). The van der Waals surface area contributed by atoms with Crippen LogP contribution in [-0.4, -0.2) is 48.2 Å².